The third-order valence-corrected chi connectivity index (χ3v) is 4.08. The Morgan fingerprint density at radius 1 is 1.32 bits per heavy atom. The quantitative estimate of drug-likeness (QED) is 0.672. The Bertz CT molecular complexity index is 554. The van der Waals surface area contributed by atoms with Gasteiger partial charge in [0.2, 0.25) is 0 Å². The third kappa shape index (κ3) is 2.12. The summed E-state index contributed by atoms with van der Waals surface area (Å²) >= 11 is 0. The Morgan fingerprint density at radius 2 is 1.95 bits per heavy atom. The molecule has 2 saturated heterocycles. The van der Waals surface area contributed by atoms with Gasteiger partial charge in [-0.2, -0.15) is 0 Å². The fraction of sp³-hybridized carbons (Fsp3) is 0.538. The molecule has 2 bridgehead atoms. The predicted octanol–water partition coefficient (Wildman–Crippen LogP) is 0.175. The van der Waals surface area contributed by atoms with E-state index in [4.69, 9.17) is 5.73 Å². The Kier molecular flexibility index (Phi) is 2.82. The van der Waals surface area contributed by atoms with E-state index >= 15 is 0 Å². The number of rotatable bonds is 1. The van der Waals surface area contributed by atoms with Crippen LogP contribution in [-0.4, -0.2) is 39.0 Å². The molecule has 6 heteroatoms. The van der Waals surface area contributed by atoms with Crippen molar-refractivity contribution in [3.8, 4) is 5.88 Å². The number of hydrogen-bond acceptors (Lipinski definition) is 4. The highest BCUT2D eigenvalue weighted by Crippen LogP contribution is 2.36. The van der Waals surface area contributed by atoms with Crippen LogP contribution < -0.4 is 11.3 Å². The Hall–Kier alpha value is -1.82. The smallest absolute Gasteiger partial charge is 0.254 e. The number of carbonyl (C=O) groups is 1. The first-order valence-electron chi connectivity index (χ1n) is 6.56. The maximum absolute atomic E-state index is 12.5. The van der Waals surface area contributed by atoms with Crippen LogP contribution in [0.5, 0.6) is 5.88 Å². The summed E-state index contributed by atoms with van der Waals surface area (Å²) < 4.78 is 0. The molecule has 2 unspecified atom stereocenters. The monoisotopic (exact) mass is 263 g/mol. The fourth-order valence-electron chi connectivity index (χ4n) is 3.35. The third-order valence-electron chi connectivity index (χ3n) is 4.08. The first-order valence-corrected chi connectivity index (χ1v) is 6.56. The van der Waals surface area contributed by atoms with Crippen LogP contribution in [0.25, 0.3) is 0 Å². The average Bonchev–Trinajstić information content (AvgIpc) is 2.59. The Labute approximate surface area is 110 Å². The molecule has 1 amide bonds. The molecular formula is C13H17N3O3. The van der Waals surface area contributed by atoms with E-state index < -0.39 is 5.56 Å². The zero-order chi connectivity index (χ0) is 13.6. The van der Waals surface area contributed by atoms with Gasteiger partial charge in [0.15, 0.2) is 5.88 Å². The highest BCUT2D eigenvalue weighted by Gasteiger charge is 2.42. The van der Waals surface area contributed by atoms with Gasteiger partial charge in [-0.1, -0.05) is 0 Å². The number of aromatic amines is 1. The lowest BCUT2D eigenvalue weighted by Crippen LogP contribution is -2.50. The largest absolute Gasteiger partial charge is 0.494 e. The normalized spacial score (nSPS) is 29.5. The van der Waals surface area contributed by atoms with Crippen LogP contribution >= 0.6 is 0 Å². The van der Waals surface area contributed by atoms with Crippen molar-refractivity contribution in [2.24, 2.45) is 5.73 Å². The number of amides is 1. The summed E-state index contributed by atoms with van der Waals surface area (Å²) in [6.07, 6.45) is 3.58. The van der Waals surface area contributed by atoms with Crippen LogP contribution in [0, 0.1) is 0 Å². The number of carbonyl (C=O) groups excluding carboxylic acids is 1. The number of aromatic hydroxyl groups is 1. The molecule has 1 aromatic rings. The number of nitrogens with two attached hydrogens (primary N) is 1. The number of nitrogens with zero attached hydrogens (tertiary/aromatic N) is 1. The number of fused-ring (bicyclic) bond motifs is 2. The number of H-pyrrole nitrogens is 1. The van der Waals surface area contributed by atoms with Crippen molar-refractivity contribution < 1.29 is 9.90 Å². The van der Waals surface area contributed by atoms with Gasteiger partial charge in [0.25, 0.3) is 11.5 Å². The summed E-state index contributed by atoms with van der Waals surface area (Å²) in [7, 11) is 0. The predicted molar refractivity (Wildman–Crippen MR) is 68.9 cm³/mol. The molecule has 0 aliphatic carbocycles. The molecule has 2 aliphatic heterocycles. The molecule has 102 valence electrons. The summed E-state index contributed by atoms with van der Waals surface area (Å²) in [6, 6.07) is 3.03. The van der Waals surface area contributed by atoms with Crippen molar-refractivity contribution in [2.45, 2.75) is 43.8 Å². The minimum atomic E-state index is -0.468. The van der Waals surface area contributed by atoms with Gasteiger partial charge >= 0.3 is 0 Å². The molecule has 6 nitrogen and oxygen atoms in total. The summed E-state index contributed by atoms with van der Waals surface area (Å²) in [4.78, 5) is 27.9. The number of piperidine rings is 1. The highest BCUT2D eigenvalue weighted by molar-refractivity contribution is 5.95. The van der Waals surface area contributed by atoms with E-state index in [1.165, 1.54) is 12.1 Å². The van der Waals surface area contributed by atoms with Gasteiger partial charge in [-0.3, -0.25) is 14.6 Å². The first kappa shape index (κ1) is 12.2. The van der Waals surface area contributed by atoms with Crippen molar-refractivity contribution in [3.63, 3.8) is 0 Å². The Morgan fingerprint density at radius 3 is 2.53 bits per heavy atom. The van der Waals surface area contributed by atoms with Gasteiger partial charge in [-0.15, -0.1) is 0 Å². The second-order valence-electron chi connectivity index (χ2n) is 5.45. The van der Waals surface area contributed by atoms with E-state index in [1.54, 1.807) is 0 Å². The summed E-state index contributed by atoms with van der Waals surface area (Å²) in [5.74, 6) is -0.460. The van der Waals surface area contributed by atoms with Crippen molar-refractivity contribution in [1.82, 2.24) is 9.88 Å². The van der Waals surface area contributed by atoms with Crippen molar-refractivity contribution in [2.75, 3.05) is 0 Å². The minimum absolute atomic E-state index is 0.161. The molecule has 4 N–H and O–H groups in total. The van der Waals surface area contributed by atoms with E-state index in [0.29, 0.717) is 0 Å². The first-order chi connectivity index (χ1) is 9.04. The molecule has 0 spiro atoms. The number of pyridine rings is 1. The van der Waals surface area contributed by atoms with Crippen molar-refractivity contribution in [1.29, 1.82) is 0 Å². The number of aromatic nitrogens is 1. The van der Waals surface area contributed by atoms with Crippen LogP contribution in [-0.2, 0) is 0 Å². The van der Waals surface area contributed by atoms with Crippen LogP contribution in [0.2, 0.25) is 0 Å². The van der Waals surface area contributed by atoms with Crippen LogP contribution in [0.3, 0.4) is 0 Å². The molecule has 1 aromatic heterocycles. The molecule has 3 rings (SSSR count). The number of hydrogen-bond donors (Lipinski definition) is 3. The summed E-state index contributed by atoms with van der Waals surface area (Å²) in [5, 5.41) is 9.38. The topological polar surface area (TPSA) is 99.4 Å². The van der Waals surface area contributed by atoms with E-state index in [2.05, 4.69) is 4.98 Å². The molecule has 2 atom stereocenters. The lowest BCUT2D eigenvalue weighted by Gasteiger charge is -2.37. The van der Waals surface area contributed by atoms with E-state index in [0.717, 1.165) is 25.7 Å². The van der Waals surface area contributed by atoms with Gasteiger partial charge < -0.3 is 15.7 Å². The summed E-state index contributed by atoms with van der Waals surface area (Å²) in [5.41, 5.74) is 5.75. The standard InChI is InChI=1S/C13H17N3O3/c14-8-5-9-1-2-10(6-8)16(9)13(19)7-3-11(17)15-12(18)4-7/h3-4,8-10H,1-2,5-6,14H2,(H2,15,17,18). The van der Waals surface area contributed by atoms with E-state index in [1.807, 2.05) is 4.90 Å². The maximum atomic E-state index is 12.5. The van der Waals surface area contributed by atoms with E-state index in [-0.39, 0.29) is 35.5 Å². The molecule has 2 aliphatic rings. The van der Waals surface area contributed by atoms with Crippen molar-refractivity contribution in [3.05, 3.63) is 28.0 Å². The van der Waals surface area contributed by atoms with Crippen molar-refractivity contribution >= 4 is 5.91 Å². The molecule has 0 saturated carbocycles. The molecule has 0 radical (unpaired) electrons. The second kappa shape index (κ2) is 4.38. The second-order valence-corrected chi connectivity index (χ2v) is 5.45. The summed E-state index contributed by atoms with van der Waals surface area (Å²) in [6.45, 7) is 0. The van der Waals surface area contributed by atoms with Crippen LogP contribution in [0.1, 0.15) is 36.0 Å². The molecule has 3 heterocycles. The SMILES string of the molecule is NC1CC2CCC(C1)N2C(=O)c1cc(O)[nH]c(=O)c1. The zero-order valence-electron chi connectivity index (χ0n) is 10.5. The van der Waals surface area contributed by atoms with Gasteiger partial charge in [0, 0.05) is 30.3 Å². The maximum Gasteiger partial charge on any atom is 0.254 e. The van der Waals surface area contributed by atoms with Gasteiger partial charge in [-0.25, -0.2) is 0 Å². The van der Waals surface area contributed by atoms with Gasteiger partial charge in [0.1, 0.15) is 0 Å². The van der Waals surface area contributed by atoms with Gasteiger partial charge in [-0.05, 0) is 25.7 Å². The molecule has 0 aromatic carbocycles. The van der Waals surface area contributed by atoms with Gasteiger partial charge in [0.05, 0.1) is 5.56 Å². The average molecular weight is 263 g/mol. The molecule has 2 fully saturated rings. The van der Waals surface area contributed by atoms with Crippen LogP contribution in [0.4, 0.5) is 0 Å². The highest BCUT2D eigenvalue weighted by atomic mass is 16.3. The zero-order valence-corrected chi connectivity index (χ0v) is 10.5. The lowest BCUT2D eigenvalue weighted by molar-refractivity contribution is 0.0574. The fourth-order valence-corrected chi connectivity index (χ4v) is 3.35. The van der Waals surface area contributed by atoms with E-state index in [9.17, 15) is 14.7 Å². The number of nitrogens with one attached hydrogen (secondary N) is 1. The minimum Gasteiger partial charge on any atom is -0.494 e. The molecule has 19 heavy (non-hydrogen) atoms. The lowest BCUT2D eigenvalue weighted by atomic mass is 9.97. The Balaban J connectivity index is 1.90. The van der Waals surface area contributed by atoms with Crippen LogP contribution in [0.15, 0.2) is 16.9 Å². The molecular weight excluding hydrogens is 246 g/mol.